The lowest BCUT2D eigenvalue weighted by molar-refractivity contribution is -0.865. The second kappa shape index (κ2) is 12.3. The molecule has 1 aliphatic heterocycles. The molecule has 1 rings (SSSR count). The van der Waals surface area contributed by atoms with Gasteiger partial charge in [0.15, 0.2) is 12.1 Å². The van der Waals surface area contributed by atoms with Crippen LogP contribution in [0.15, 0.2) is 4.99 Å². The summed E-state index contributed by atoms with van der Waals surface area (Å²) in [6.07, 6.45) is 14.5. The molecule has 3 nitrogen and oxygen atoms in total. The Labute approximate surface area is 144 Å². The molecule has 2 atom stereocenters. The maximum atomic E-state index is 9.93. The molecule has 132 valence electrons. The molecule has 1 N–H and O–H groups in total. The van der Waals surface area contributed by atoms with Gasteiger partial charge in [0.2, 0.25) is 0 Å². The molecule has 22 heavy (non-hydrogen) atoms. The third-order valence-corrected chi connectivity index (χ3v) is 5.03. The molecule has 0 spiro atoms. The van der Waals surface area contributed by atoms with Gasteiger partial charge >= 0.3 is 0 Å². The largest absolute Gasteiger partial charge is 1.00 e. The van der Waals surface area contributed by atoms with E-state index >= 15 is 0 Å². The molecule has 0 saturated heterocycles. The number of aliphatic hydroxyl groups excluding tert-OH is 1. The van der Waals surface area contributed by atoms with Crippen molar-refractivity contribution in [2.24, 2.45) is 4.99 Å². The number of likely N-dealkylation sites (N-methyl/N-ethyl adjacent to an activating group) is 1. The van der Waals surface area contributed by atoms with Crippen molar-refractivity contribution in [2.45, 2.75) is 90.7 Å². The van der Waals surface area contributed by atoms with Crippen LogP contribution in [0, 0.1) is 0 Å². The van der Waals surface area contributed by atoms with Crippen LogP contribution in [0.2, 0.25) is 0 Å². The van der Waals surface area contributed by atoms with Crippen LogP contribution in [0.3, 0.4) is 0 Å². The summed E-state index contributed by atoms with van der Waals surface area (Å²) in [5.74, 6) is 1.21. The fraction of sp³-hybridized carbons (Fsp3) is 0.944. The van der Waals surface area contributed by atoms with E-state index in [2.05, 4.69) is 19.0 Å². The Morgan fingerprint density at radius 1 is 1.00 bits per heavy atom. The quantitative estimate of drug-likeness (QED) is 0.426. The van der Waals surface area contributed by atoms with Crippen molar-refractivity contribution in [3.05, 3.63) is 0 Å². The van der Waals surface area contributed by atoms with E-state index in [-0.39, 0.29) is 18.6 Å². The summed E-state index contributed by atoms with van der Waals surface area (Å²) < 4.78 is 0.650. The predicted molar refractivity (Wildman–Crippen MR) is 91.5 cm³/mol. The molecule has 2 unspecified atom stereocenters. The van der Waals surface area contributed by atoms with Gasteiger partial charge in [-0.25, -0.2) is 4.99 Å². The molecule has 0 radical (unpaired) electrons. The van der Waals surface area contributed by atoms with E-state index < -0.39 is 0 Å². The van der Waals surface area contributed by atoms with Crippen LogP contribution in [0.1, 0.15) is 84.5 Å². The highest BCUT2D eigenvalue weighted by Crippen LogP contribution is 2.20. The Morgan fingerprint density at radius 3 is 2.00 bits per heavy atom. The summed E-state index contributed by atoms with van der Waals surface area (Å²) in [5.41, 5.74) is 0. The van der Waals surface area contributed by atoms with Crippen molar-refractivity contribution in [3.8, 4) is 0 Å². The van der Waals surface area contributed by atoms with Crippen molar-refractivity contribution >= 4 is 5.84 Å². The number of hydrogen-bond donors (Lipinski definition) is 1. The fourth-order valence-electron chi connectivity index (χ4n) is 3.18. The summed E-state index contributed by atoms with van der Waals surface area (Å²) in [7, 11) is 2.12. The second-order valence-electron chi connectivity index (χ2n) is 6.85. The molecular weight excluding hydrogens is 296 g/mol. The highest BCUT2D eigenvalue weighted by atomic mass is 35.5. The summed E-state index contributed by atoms with van der Waals surface area (Å²) in [6, 6.07) is 0. The third-order valence-electron chi connectivity index (χ3n) is 5.03. The van der Waals surface area contributed by atoms with Gasteiger partial charge < -0.3 is 17.5 Å². The number of nitrogens with zero attached hydrogens (tertiary/aromatic N) is 2. The van der Waals surface area contributed by atoms with Crippen LogP contribution in [0.25, 0.3) is 0 Å². The van der Waals surface area contributed by atoms with Crippen LogP contribution < -0.4 is 12.4 Å². The van der Waals surface area contributed by atoms with Crippen molar-refractivity contribution < 1.29 is 22.0 Å². The average molecular weight is 333 g/mol. The molecule has 1 aliphatic rings. The van der Waals surface area contributed by atoms with Crippen LogP contribution in [0.5, 0.6) is 0 Å². The molecule has 0 aliphatic carbocycles. The molecule has 0 bridgehead atoms. The zero-order valence-corrected chi connectivity index (χ0v) is 15.7. The van der Waals surface area contributed by atoms with Crippen LogP contribution >= 0.6 is 0 Å². The van der Waals surface area contributed by atoms with Crippen molar-refractivity contribution in [2.75, 3.05) is 20.1 Å². The minimum absolute atomic E-state index is 0. The second-order valence-corrected chi connectivity index (χ2v) is 6.85. The van der Waals surface area contributed by atoms with Crippen molar-refractivity contribution in [1.29, 1.82) is 0 Å². The number of quaternary nitrogens is 1. The van der Waals surface area contributed by atoms with Gasteiger partial charge in [-0.3, -0.25) is 4.48 Å². The van der Waals surface area contributed by atoms with Gasteiger partial charge in [-0.2, -0.15) is 0 Å². The normalized spacial score (nSPS) is 22.3. The SMILES string of the molecule is CCCCCCCCCCCCC1=NCC[N+]1(C)C(C)O.[Cl-]. The van der Waals surface area contributed by atoms with Gasteiger partial charge in [-0.05, 0) is 6.42 Å². The maximum Gasteiger partial charge on any atom is 0.200 e. The first kappa shape index (κ1) is 21.9. The van der Waals surface area contributed by atoms with E-state index in [1.165, 1.54) is 70.0 Å². The van der Waals surface area contributed by atoms with Crippen LogP contribution in [0.4, 0.5) is 0 Å². The van der Waals surface area contributed by atoms with Gasteiger partial charge in [0.25, 0.3) is 0 Å². The highest BCUT2D eigenvalue weighted by Gasteiger charge is 2.37. The van der Waals surface area contributed by atoms with E-state index in [0.29, 0.717) is 4.48 Å². The standard InChI is InChI=1S/C18H37N2O.ClH/c1-4-5-6-7-8-9-10-11-12-13-14-18-19-15-16-20(18,3)17(2)21;/h17,21H,4-16H2,1-3H3;1H/q+1;/p-1. The topological polar surface area (TPSA) is 32.6 Å². The lowest BCUT2D eigenvalue weighted by Gasteiger charge is -2.32. The zero-order valence-electron chi connectivity index (χ0n) is 15.0. The molecule has 0 aromatic carbocycles. The number of halogens is 1. The number of aliphatic imine (C=N–C) groups is 1. The van der Waals surface area contributed by atoms with E-state index in [1.54, 1.807) is 0 Å². The predicted octanol–water partition coefficient (Wildman–Crippen LogP) is 1.50. The summed E-state index contributed by atoms with van der Waals surface area (Å²) in [4.78, 5) is 4.61. The van der Waals surface area contributed by atoms with Crippen molar-refractivity contribution in [3.63, 3.8) is 0 Å². The molecule has 0 amide bonds. The molecule has 0 aromatic heterocycles. The Balaban J connectivity index is 0.00000441. The number of rotatable bonds is 12. The lowest BCUT2D eigenvalue weighted by Crippen LogP contribution is -3.00. The molecule has 1 heterocycles. The lowest BCUT2D eigenvalue weighted by atomic mass is 10.1. The number of aliphatic hydroxyl groups is 1. The van der Waals surface area contributed by atoms with Gasteiger partial charge in [0.05, 0.1) is 13.6 Å². The fourth-order valence-corrected chi connectivity index (χ4v) is 3.18. The van der Waals surface area contributed by atoms with Crippen LogP contribution in [-0.2, 0) is 0 Å². The first-order chi connectivity index (χ1) is 10.1. The average Bonchev–Trinajstić information content (AvgIpc) is 2.84. The first-order valence-electron chi connectivity index (χ1n) is 9.18. The number of unbranched alkanes of at least 4 members (excludes halogenated alkanes) is 9. The van der Waals surface area contributed by atoms with Gasteiger partial charge in [0.1, 0.15) is 6.54 Å². The Morgan fingerprint density at radius 2 is 1.50 bits per heavy atom. The Kier molecular flexibility index (Phi) is 12.3. The van der Waals surface area contributed by atoms with E-state index in [4.69, 9.17) is 0 Å². The van der Waals surface area contributed by atoms with E-state index in [1.807, 2.05) is 6.92 Å². The molecule has 0 fully saturated rings. The summed E-state index contributed by atoms with van der Waals surface area (Å²) in [5, 5.41) is 9.93. The smallest absolute Gasteiger partial charge is 0.200 e. The molecular formula is C18H37ClN2O. The zero-order chi connectivity index (χ0) is 15.6. The van der Waals surface area contributed by atoms with Gasteiger partial charge in [-0.1, -0.05) is 64.7 Å². The first-order valence-corrected chi connectivity index (χ1v) is 9.18. The molecule has 4 heteroatoms. The van der Waals surface area contributed by atoms with Gasteiger partial charge in [-0.15, -0.1) is 0 Å². The minimum atomic E-state index is -0.325. The van der Waals surface area contributed by atoms with Gasteiger partial charge in [0, 0.05) is 13.3 Å². The maximum absolute atomic E-state index is 9.93. The van der Waals surface area contributed by atoms with Crippen LogP contribution in [-0.4, -0.2) is 41.8 Å². The highest BCUT2D eigenvalue weighted by molar-refractivity contribution is 5.76. The minimum Gasteiger partial charge on any atom is -1.00 e. The Hall–Kier alpha value is -0.120. The molecule has 0 saturated carbocycles. The van der Waals surface area contributed by atoms with E-state index in [0.717, 1.165) is 19.5 Å². The number of amidine groups is 1. The van der Waals surface area contributed by atoms with Crippen molar-refractivity contribution in [1.82, 2.24) is 0 Å². The number of hydrogen-bond acceptors (Lipinski definition) is 2. The summed E-state index contributed by atoms with van der Waals surface area (Å²) >= 11 is 0. The third kappa shape index (κ3) is 7.43. The summed E-state index contributed by atoms with van der Waals surface area (Å²) in [6.45, 7) is 6.01. The van der Waals surface area contributed by atoms with E-state index in [9.17, 15) is 5.11 Å². The monoisotopic (exact) mass is 332 g/mol. The molecule has 0 aromatic rings. The Bertz CT molecular complexity index is 307.